The first kappa shape index (κ1) is 38.1. The van der Waals surface area contributed by atoms with Gasteiger partial charge in [-0.05, 0) is 66.0 Å². The summed E-state index contributed by atoms with van der Waals surface area (Å²) >= 11 is 0. The number of Topliss-reactive ketones (excluding diaryl/α,β-unsaturated/α-hetero) is 1. The van der Waals surface area contributed by atoms with Gasteiger partial charge in [-0.2, -0.15) is 0 Å². The number of benzene rings is 3. The summed E-state index contributed by atoms with van der Waals surface area (Å²) in [5.74, 6) is -3.22. The summed E-state index contributed by atoms with van der Waals surface area (Å²) in [6.07, 6.45) is 2.07. The second kappa shape index (κ2) is 19.2. The zero-order valence-corrected chi connectivity index (χ0v) is 25.9. The number of carboxylic acids is 3. The molecule has 0 aromatic heterocycles. The van der Waals surface area contributed by atoms with Gasteiger partial charge in [-0.25, -0.2) is 0 Å². The van der Waals surface area contributed by atoms with Crippen molar-refractivity contribution >= 4 is 41.1 Å². The van der Waals surface area contributed by atoms with Gasteiger partial charge < -0.3 is 34.8 Å². The Bertz CT molecular complexity index is 1200. The van der Waals surface area contributed by atoms with Crippen LogP contribution in [0.2, 0.25) is 0 Å². The summed E-state index contributed by atoms with van der Waals surface area (Å²) in [6.45, 7) is 9.89. The molecule has 0 aliphatic rings. The third-order valence-electron chi connectivity index (χ3n) is 5.67. The van der Waals surface area contributed by atoms with E-state index in [0.29, 0.717) is 11.8 Å². The van der Waals surface area contributed by atoms with E-state index in [2.05, 4.69) is 27.7 Å². The van der Waals surface area contributed by atoms with Gasteiger partial charge in [-0.3, -0.25) is 4.79 Å². The molecule has 0 heterocycles. The largest absolute Gasteiger partial charge is 3.00 e. The summed E-state index contributed by atoms with van der Waals surface area (Å²) in [7, 11) is 0. The number of ketones is 1. The van der Waals surface area contributed by atoms with Crippen molar-refractivity contribution in [2.24, 2.45) is 11.8 Å². The number of aromatic hydroxyl groups is 1. The van der Waals surface area contributed by atoms with Crippen molar-refractivity contribution in [3.8, 4) is 5.75 Å². The molecule has 1 N–H and O–H groups in total. The number of carbonyl (C=O) groups is 4. The summed E-state index contributed by atoms with van der Waals surface area (Å²) in [5.41, 5.74) is 3.73. The van der Waals surface area contributed by atoms with Crippen molar-refractivity contribution in [1.82, 2.24) is 0 Å². The minimum absolute atomic E-state index is 0. The van der Waals surface area contributed by atoms with Crippen molar-refractivity contribution in [1.29, 1.82) is 0 Å². The summed E-state index contributed by atoms with van der Waals surface area (Å²) in [4.78, 5) is 41.9. The number of phenols is 1. The molecule has 8 nitrogen and oxygen atoms in total. The maximum atomic E-state index is 10.9. The Labute approximate surface area is 258 Å². The van der Waals surface area contributed by atoms with E-state index in [4.69, 9.17) is 0 Å². The van der Waals surface area contributed by atoms with Crippen LogP contribution in [0.5, 0.6) is 5.75 Å². The fourth-order valence-electron chi connectivity index (χ4n) is 3.85. The third kappa shape index (κ3) is 15.2. The molecule has 0 aliphatic heterocycles. The van der Waals surface area contributed by atoms with Crippen LogP contribution in [-0.4, -0.2) is 46.2 Å². The Balaban J connectivity index is 0.000000594. The standard InChI is InChI=1S/2C12H16O2.C9H8O4.Al/c2*1-9(2)7-10-3-5-11(6-4-10)8-12(13)14;1-5(10)6-3-2-4-7(8(6)11)9(12)13;/h2*3-6,9H,7-8H2,1-2H3,(H,13,14);2-4,11H,1H3,(H,12,13);/q;;;+3/p-3. The van der Waals surface area contributed by atoms with Crippen LogP contribution in [-0.2, 0) is 35.3 Å². The van der Waals surface area contributed by atoms with Gasteiger partial charge in [-0.1, -0.05) is 82.3 Å². The maximum absolute atomic E-state index is 10.9. The maximum Gasteiger partial charge on any atom is 3.00 e. The Morgan fingerprint density at radius 2 is 0.952 bits per heavy atom. The zero-order chi connectivity index (χ0) is 31.1. The number of aromatic carboxylic acids is 1. The molecule has 0 saturated carbocycles. The Morgan fingerprint density at radius 1 is 0.619 bits per heavy atom. The van der Waals surface area contributed by atoms with Crippen LogP contribution in [0.15, 0.2) is 66.7 Å². The molecule has 220 valence electrons. The Hall–Kier alpha value is -3.93. The molecule has 3 aromatic rings. The molecule has 42 heavy (non-hydrogen) atoms. The molecule has 0 atom stereocenters. The van der Waals surface area contributed by atoms with Crippen LogP contribution in [0, 0.1) is 11.8 Å². The second-order valence-electron chi connectivity index (χ2n) is 10.5. The van der Waals surface area contributed by atoms with E-state index >= 15 is 0 Å². The predicted octanol–water partition coefficient (Wildman–Crippen LogP) is 1.93. The van der Waals surface area contributed by atoms with E-state index in [0.717, 1.165) is 24.0 Å². The number of hydrogen-bond donors (Lipinski definition) is 1. The molecule has 0 saturated heterocycles. The van der Waals surface area contributed by atoms with E-state index < -0.39 is 23.7 Å². The van der Waals surface area contributed by atoms with E-state index in [1.165, 1.54) is 36.2 Å². The quantitative estimate of drug-likeness (QED) is 0.278. The van der Waals surface area contributed by atoms with Crippen molar-refractivity contribution < 1.29 is 39.6 Å². The molecule has 0 amide bonds. The van der Waals surface area contributed by atoms with Gasteiger partial charge >= 0.3 is 17.4 Å². The molecule has 0 aliphatic carbocycles. The van der Waals surface area contributed by atoms with Crippen LogP contribution >= 0.6 is 0 Å². The Morgan fingerprint density at radius 3 is 1.24 bits per heavy atom. The van der Waals surface area contributed by atoms with Crippen LogP contribution in [0.1, 0.15) is 77.6 Å². The number of carboxylic acid groups (broad SMARTS) is 3. The van der Waals surface area contributed by atoms with Gasteiger partial charge in [0.1, 0.15) is 5.75 Å². The molecule has 0 radical (unpaired) electrons. The number of carbonyl (C=O) groups excluding carboxylic acids is 4. The second-order valence-corrected chi connectivity index (χ2v) is 10.5. The minimum Gasteiger partial charge on any atom is -0.550 e. The molecular weight excluding hydrogens is 551 g/mol. The first-order chi connectivity index (χ1) is 19.2. The van der Waals surface area contributed by atoms with Crippen molar-refractivity contribution in [3.63, 3.8) is 0 Å². The van der Waals surface area contributed by atoms with Crippen LogP contribution < -0.4 is 15.3 Å². The Kier molecular flexibility index (Phi) is 17.4. The molecule has 0 bridgehead atoms. The SMILES string of the molecule is CC(=O)c1cccc(C(=O)[O-])c1O.CC(C)Cc1ccc(CC(=O)[O-])cc1.CC(C)Cc1ccc(CC(=O)[O-])cc1.[Al+3]. The predicted molar refractivity (Wildman–Crippen MR) is 156 cm³/mol. The topological polar surface area (TPSA) is 158 Å². The average Bonchev–Trinajstić information content (AvgIpc) is 2.86. The number of rotatable bonds is 10. The fraction of sp³-hybridized carbons (Fsp3) is 0.333. The van der Waals surface area contributed by atoms with Gasteiger partial charge in [-0.15, -0.1) is 0 Å². The van der Waals surface area contributed by atoms with E-state index in [9.17, 15) is 39.6 Å². The van der Waals surface area contributed by atoms with Crippen molar-refractivity contribution in [2.75, 3.05) is 0 Å². The normalized spacial score (nSPS) is 9.98. The zero-order valence-electron chi connectivity index (χ0n) is 24.7. The molecule has 0 unspecified atom stereocenters. The molecular formula is C33H37AlO8. The smallest absolute Gasteiger partial charge is 0.550 e. The summed E-state index contributed by atoms with van der Waals surface area (Å²) in [6, 6.07) is 19.3. The van der Waals surface area contributed by atoms with Crippen LogP contribution in [0.3, 0.4) is 0 Å². The molecule has 9 heteroatoms. The summed E-state index contributed by atoms with van der Waals surface area (Å²) < 4.78 is 0. The first-order valence-electron chi connectivity index (χ1n) is 13.3. The number of hydrogen-bond acceptors (Lipinski definition) is 8. The van der Waals surface area contributed by atoms with Gasteiger partial charge in [0, 0.05) is 30.3 Å². The van der Waals surface area contributed by atoms with Gasteiger partial charge in [0.15, 0.2) is 5.78 Å². The van der Waals surface area contributed by atoms with Crippen LogP contribution in [0.4, 0.5) is 0 Å². The van der Waals surface area contributed by atoms with E-state index in [-0.39, 0.29) is 47.1 Å². The first-order valence-corrected chi connectivity index (χ1v) is 13.3. The number of para-hydroxylation sites is 1. The minimum atomic E-state index is -1.50. The molecule has 0 fully saturated rings. The summed E-state index contributed by atoms with van der Waals surface area (Å²) in [5, 5.41) is 40.3. The third-order valence-corrected chi connectivity index (χ3v) is 5.67. The monoisotopic (exact) mass is 588 g/mol. The molecule has 0 spiro atoms. The van der Waals surface area contributed by atoms with E-state index in [1.54, 1.807) is 0 Å². The molecule has 3 rings (SSSR count). The van der Waals surface area contributed by atoms with Gasteiger partial charge in [0.25, 0.3) is 0 Å². The van der Waals surface area contributed by atoms with Crippen LogP contribution in [0.25, 0.3) is 0 Å². The van der Waals surface area contributed by atoms with Gasteiger partial charge in [0.2, 0.25) is 0 Å². The number of aliphatic carboxylic acids is 2. The molecule has 3 aromatic carbocycles. The van der Waals surface area contributed by atoms with E-state index in [1.807, 2.05) is 48.5 Å². The van der Waals surface area contributed by atoms with Crippen molar-refractivity contribution in [3.05, 3.63) is 100 Å². The average molecular weight is 589 g/mol. The van der Waals surface area contributed by atoms with Gasteiger partial charge in [0.05, 0.1) is 11.5 Å². The fourth-order valence-corrected chi connectivity index (χ4v) is 3.85. The van der Waals surface area contributed by atoms with Crippen molar-refractivity contribution in [2.45, 2.75) is 60.3 Å².